The van der Waals surface area contributed by atoms with Gasteiger partial charge in [0.05, 0.1) is 0 Å². The molecule has 6 nitrogen and oxygen atoms in total. The van der Waals surface area contributed by atoms with Crippen LogP contribution in [0.2, 0.25) is 0 Å². The fourth-order valence-electron chi connectivity index (χ4n) is 3.87. The fraction of sp³-hybridized carbons (Fsp3) is 0. The van der Waals surface area contributed by atoms with Crippen LogP contribution in [-0.4, -0.2) is 28.4 Å². The largest absolute Gasteiger partial charge is 0.504 e. The Kier molecular flexibility index (Phi) is 5.32. The lowest BCUT2D eigenvalue weighted by molar-refractivity contribution is -0.111. The van der Waals surface area contributed by atoms with Crippen LogP contribution in [0.25, 0.3) is 16.8 Å². The van der Waals surface area contributed by atoms with Crippen molar-refractivity contribution in [3.63, 3.8) is 0 Å². The molecule has 0 heterocycles. The molecular weight excluding hydrogens is 428 g/mol. The number of aliphatic imine (C=N–C) groups is 1. The van der Waals surface area contributed by atoms with Crippen molar-refractivity contribution in [3.05, 3.63) is 119 Å². The number of anilines is 1. The summed E-state index contributed by atoms with van der Waals surface area (Å²) in [5, 5.41) is 14.6. The van der Waals surface area contributed by atoms with Crippen molar-refractivity contribution in [3.8, 4) is 0 Å². The molecule has 2 N–H and O–H groups in total. The number of nitrogens with one attached hydrogen (secondary N) is 1. The van der Waals surface area contributed by atoms with E-state index in [1.54, 1.807) is 78.9 Å². The smallest absolute Gasteiger partial charge is 0.277 e. The first kappa shape index (κ1) is 21.0. The Labute approximate surface area is 194 Å². The number of allylic oxidation sites excluding steroid dienone is 1. The quantitative estimate of drug-likeness (QED) is 0.452. The summed E-state index contributed by atoms with van der Waals surface area (Å²) in [5.41, 5.74) is 2.28. The van der Waals surface area contributed by atoms with Gasteiger partial charge in [0.2, 0.25) is 5.78 Å². The fourth-order valence-corrected chi connectivity index (χ4v) is 3.87. The summed E-state index contributed by atoms with van der Waals surface area (Å²) in [6.07, 6.45) is 1.35. The molecule has 0 saturated carbocycles. The third-order valence-corrected chi connectivity index (χ3v) is 5.56. The highest BCUT2D eigenvalue weighted by molar-refractivity contribution is 6.54. The second-order valence-corrected chi connectivity index (χ2v) is 7.78. The second kappa shape index (κ2) is 8.60. The van der Waals surface area contributed by atoms with Gasteiger partial charge in [-0.1, -0.05) is 48.5 Å². The van der Waals surface area contributed by atoms with Gasteiger partial charge >= 0.3 is 0 Å². The number of Topliss-reactive ketones (excluding diaryl/α,β-unsaturated/α-hetero) is 1. The molecule has 4 aromatic carbocycles. The predicted octanol–water partition coefficient (Wildman–Crippen LogP) is 5.20. The molecule has 1 aliphatic carbocycles. The first-order valence-corrected chi connectivity index (χ1v) is 10.6. The Balaban J connectivity index is 1.59. The number of fused-ring (bicyclic) bond motifs is 2. The Morgan fingerprint density at radius 1 is 0.794 bits per heavy atom. The topological polar surface area (TPSA) is 95.8 Å². The number of nitrogens with zero attached hydrogens (tertiary/aromatic N) is 1. The van der Waals surface area contributed by atoms with Crippen LogP contribution in [0.3, 0.4) is 0 Å². The average Bonchev–Trinajstić information content (AvgIpc) is 2.87. The van der Waals surface area contributed by atoms with Gasteiger partial charge in [-0.05, 0) is 59.5 Å². The molecule has 34 heavy (non-hydrogen) atoms. The Bertz CT molecular complexity index is 1520. The van der Waals surface area contributed by atoms with Gasteiger partial charge in [-0.15, -0.1) is 0 Å². The predicted molar refractivity (Wildman–Crippen MR) is 131 cm³/mol. The normalized spacial score (nSPS) is 13.9. The van der Waals surface area contributed by atoms with Crippen LogP contribution >= 0.6 is 0 Å². The van der Waals surface area contributed by atoms with Gasteiger partial charge in [0.25, 0.3) is 11.8 Å². The number of benzene rings is 4. The van der Waals surface area contributed by atoms with Crippen molar-refractivity contribution in [1.82, 2.24) is 0 Å². The molecule has 4 aromatic rings. The van der Waals surface area contributed by atoms with E-state index in [2.05, 4.69) is 10.3 Å². The Morgan fingerprint density at radius 3 is 2.18 bits per heavy atom. The third-order valence-electron chi connectivity index (χ3n) is 5.56. The van der Waals surface area contributed by atoms with E-state index in [9.17, 15) is 19.5 Å². The van der Waals surface area contributed by atoms with Gasteiger partial charge in [0.15, 0.2) is 5.76 Å². The summed E-state index contributed by atoms with van der Waals surface area (Å²) in [6.45, 7) is 0. The monoisotopic (exact) mass is 446 g/mol. The van der Waals surface area contributed by atoms with E-state index in [0.717, 1.165) is 10.8 Å². The molecule has 0 saturated heterocycles. The molecule has 0 radical (unpaired) electrons. The molecule has 164 valence electrons. The van der Waals surface area contributed by atoms with Crippen LogP contribution in [0.1, 0.15) is 31.8 Å². The van der Waals surface area contributed by atoms with E-state index in [1.807, 2.05) is 12.1 Å². The van der Waals surface area contributed by atoms with Crippen LogP contribution in [-0.2, 0) is 4.79 Å². The minimum atomic E-state index is -0.718. The van der Waals surface area contributed by atoms with Gasteiger partial charge in [0.1, 0.15) is 5.71 Å². The lowest BCUT2D eigenvalue weighted by Gasteiger charge is -2.17. The zero-order valence-electron chi connectivity index (χ0n) is 17.9. The van der Waals surface area contributed by atoms with Crippen molar-refractivity contribution >= 4 is 45.8 Å². The number of carbonyl (C=O) groups is 3. The maximum absolute atomic E-state index is 12.7. The van der Waals surface area contributed by atoms with E-state index in [1.165, 1.54) is 6.08 Å². The summed E-state index contributed by atoms with van der Waals surface area (Å²) in [5.74, 6) is -2.05. The first-order chi connectivity index (χ1) is 16.5. The second-order valence-electron chi connectivity index (χ2n) is 7.78. The van der Waals surface area contributed by atoms with E-state index >= 15 is 0 Å². The molecule has 0 aliphatic heterocycles. The van der Waals surface area contributed by atoms with E-state index in [4.69, 9.17) is 0 Å². The molecule has 0 bridgehead atoms. The zero-order chi connectivity index (χ0) is 23.7. The molecule has 0 fully saturated rings. The highest BCUT2D eigenvalue weighted by Gasteiger charge is 2.27. The summed E-state index contributed by atoms with van der Waals surface area (Å²) in [6, 6.07) is 26.2. The SMILES string of the molecule is O=C1C(O)=Cc2cc3c(NC(=O)c4ccccc4)cccc3cc2C1=NC(=O)c1ccccc1. The molecule has 0 spiro atoms. The molecule has 2 amide bonds. The molecular formula is C28H18N2O4. The van der Waals surface area contributed by atoms with Gasteiger partial charge in [0, 0.05) is 27.8 Å². The van der Waals surface area contributed by atoms with E-state index < -0.39 is 17.4 Å². The van der Waals surface area contributed by atoms with Crippen LogP contribution in [0, 0.1) is 0 Å². The number of hydrogen-bond acceptors (Lipinski definition) is 4. The first-order valence-electron chi connectivity index (χ1n) is 10.6. The lowest BCUT2D eigenvalue weighted by atomic mass is 9.90. The van der Waals surface area contributed by atoms with E-state index in [0.29, 0.717) is 27.9 Å². The number of aliphatic hydroxyl groups is 1. The average molecular weight is 446 g/mol. The van der Waals surface area contributed by atoms with Crippen molar-refractivity contribution < 1.29 is 19.5 Å². The maximum atomic E-state index is 12.7. The molecule has 6 heteroatoms. The van der Waals surface area contributed by atoms with E-state index in [-0.39, 0.29) is 11.6 Å². The number of hydrogen-bond donors (Lipinski definition) is 2. The minimum absolute atomic E-state index is 0.121. The highest BCUT2D eigenvalue weighted by Crippen LogP contribution is 2.31. The van der Waals surface area contributed by atoms with Gasteiger partial charge in [-0.3, -0.25) is 14.4 Å². The van der Waals surface area contributed by atoms with Gasteiger partial charge < -0.3 is 10.4 Å². The highest BCUT2D eigenvalue weighted by atomic mass is 16.3. The molecule has 0 unspecified atom stereocenters. The van der Waals surface area contributed by atoms with Crippen molar-refractivity contribution in [2.24, 2.45) is 4.99 Å². The maximum Gasteiger partial charge on any atom is 0.277 e. The van der Waals surface area contributed by atoms with Crippen LogP contribution in [0.4, 0.5) is 5.69 Å². The third kappa shape index (κ3) is 3.89. The van der Waals surface area contributed by atoms with Crippen LogP contribution < -0.4 is 5.32 Å². The number of carbonyl (C=O) groups excluding carboxylic acids is 3. The van der Waals surface area contributed by atoms with Gasteiger partial charge in [-0.25, -0.2) is 4.99 Å². The molecule has 0 atom stereocenters. The zero-order valence-corrected chi connectivity index (χ0v) is 17.9. The minimum Gasteiger partial charge on any atom is -0.504 e. The summed E-state index contributed by atoms with van der Waals surface area (Å²) in [7, 11) is 0. The molecule has 5 rings (SSSR count). The number of amides is 2. The van der Waals surface area contributed by atoms with Crippen molar-refractivity contribution in [2.45, 2.75) is 0 Å². The molecule has 0 aromatic heterocycles. The number of ketones is 1. The van der Waals surface area contributed by atoms with Crippen molar-refractivity contribution in [1.29, 1.82) is 0 Å². The van der Waals surface area contributed by atoms with Gasteiger partial charge in [-0.2, -0.15) is 0 Å². The van der Waals surface area contributed by atoms with Crippen molar-refractivity contribution in [2.75, 3.05) is 5.32 Å². The summed E-state index contributed by atoms with van der Waals surface area (Å²) < 4.78 is 0. The summed E-state index contributed by atoms with van der Waals surface area (Å²) >= 11 is 0. The number of rotatable bonds is 3. The number of aliphatic hydroxyl groups excluding tert-OH is 1. The lowest BCUT2D eigenvalue weighted by Crippen LogP contribution is -2.24. The van der Waals surface area contributed by atoms with Crippen LogP contribution in [0.5, 0.6) is 0 Å². The molecule has 1 aliphatic rings. The van der Waals surface area contributed by atoms with Crippen LogP contribution in [0.15, 0.2) is 102 Å². The summed E-state index contributed by atoms with van der Waals surface area (Å²) in [4.78, 5) is 42.1. The Morgan fingerprint density at radius 2 is 1.47 bits per heavy atom. The standard InChI is InChI=1S/C28H18N2O4/c31-24-16-20-15-21-19(12-7-13-23(21)29-27(33)17-8-3-1-4-9-17)14-22(20)25(26(24)32)30-28(34)18-10-5-2-6-11-18/h1-16,31H,(H,29,33). The Hall–Kier alpha value is -4.84.